The first-order valence-corrected chi connectivity index (χ1v) is 6.33. The first kappa shape index (κ1) is 12.8. The van der Waals surface area contributed by atoms with Crippen LogP contribution in [0, 0.1) is 6.92 Å². The summed E-state index contributed by atoms with van der Waals surface area (Å²) in [5.74, 6) is 0.592. The van der Waals surface area contributed by atoms with Gasteiger partial charge in [0.15, 0.2) is 0 Å². The summed E-state index contributed by atoms with van der Waals surface area (Å²) < 4.78 is 1.25. The summed E-state index contributed by atoms with van der Waals surface area (Å²) in [5, 5.41) is 0. The highest BCUT2D eigenvalue weighted by atomic mass is 79.9. The van der Waals surface area contributed by atoms with Gasteiger partial charge in [-0.25, -0.2) is 0 Å². The highest BCUT2D eigenvalue weighted by Crippen LogP contribution is 2.34. The highest BCUT2D eigenvalue weighted by molar-refractivity contribution is 9.10. The zero-order valence-electron chi connectivity index (χ0n) is 10.6. The molecule has 0 aliphatic rings. The van der Waals surface area contributed by atoms with Gasteiger partial charge in [0.05, 0.1) is 0 Å². The van der Waals surface area contributed by atoms with Crippen LogP contribution >= 0.6 is 15.9 Å². The Kier molecular flexibility index (Phi) is 3.65. The predicted octanol–water partition coefficient (Wildman–Crippen LogP) is 5.18. The Bertz CT molecular complexity index is 333. The molecular formula is C14H21Br. The Hall–Kier alpha value is -0.300. The SMILES string of the molecule is Cc1cc(C(C)C)cc(Br)c1C(C)(C)C. The van der Waals surface area contributed by atoms with Crippen LogP contribution in [0.3, 0.4) is 0 Å². The van der Waals surface area contributed by atoms with E-state index in [1.165, 1.54) is 21.2 Å². The van der Waals surface area contributed by atoms with Crippen molar-refractivity contribution in [1.29, 1.82) is 0 Å². The lowest BCUT2D eigenvalue weighted by Crippen LogP contribution is -2.14. The van der Waals surface area contributed by atoms with Gasteiger partial charge >= 0.3 is 0 Å². The maximum atomic E-state index is 3.70. The molecule has 84 valence electrons. The monoisotopic (exact) mass is 268 g/mol. The van der Waals surface area contributed by atoms with E-state index in [4.69, 9.17) is 0 Å². The van der Waals surface area contributed by atoms with Crippen LogP contribution in [-0.4, -0.2) is 0 Å². The van der Waals surface area contributed by atoms with Gasteiger partial charge in [-0.05, 0) is 41.0 Å². The lowest BCUT2D eigenvalue weighted by Gasteiger charge is -2.24. The fourth-order valence-corrected chi connectivity index (χ4v) is 3.23. The smallest absolute Gasteiger partial charge is 0.0218 e. The fourth-order valence-electron chi connectivity index (χ4n) is 2.05. The summed E-state index contributed by atoms with van der Waals surface area (Å²) in [6, 6.07) is 4.58. The molecule has 0 amide bonds. The normalized spacial score (nSPS) is 12.3. The summed E-state index contributed by atoms with van der Waals surface area (Å²) in [6.07, 6.45) is 0. The molecule has 0 saturated carbocycles. The van der Waals surface area contributed by atoms with E-state index in [1.807, 2.05) is 0 Å². The molecule has 0 unspecified atom stereocenters. The Labute approximate surface area is 102 Å². The van der Waals surface area contributed by atoms with Crippen LogP contribution in [-0.2, 0) is 5.41 Å². The van der Waals surface area contributed by atoms with Crippen LogP contribution in [0.4, 0.5) is 0 Å². The van der Waals surface area contributed by atoms with E-state index in [-0.39, 0.29) is 5.41 Å². The summed E-state index contributed by atoms with van der Waals surface area (Å²) >= 11 is 3.70. The highest BCUT2D eigenvalue weighted by Gasteiger charge is 2.20. The molecule has 0 aromatic heterocycles. The number of hydrogen-bond acceptors (Lipinski definition) is 0. The Balaban J connectivity index is 3.34. The fraction of sp³-hybridized carbons (Fsp3) is 0.571. The summed E-state index contributed by atoms with van der Waals surface area (Å²) in [7, 11) is 0. The van der Waals surface area contributed by atoms with Gasteiger partial charge in [0, 0.05) is 4.47 Å². The van der Waals surface area contributed by atoms with Crippen LogP contribution in [0.1, 0.15) is 57.2 Å². The van der Waals surface area contributed by atoms with E-state index in [0.717, 1.165) is 0 Å². The molecule has 0 heterocycles. The Morgan fingerprint density at radius 2 is 1.67 bits per heavy atom. The van der Waals surface area contributed by atoms with Crippen LogP contribution in [0.15, 0.2) is 16.6 Å². The zero-order chi connectivity index (χ0) is 11.8. The Morgan fingerprint density at radius 1 is 1.13 bits per heavy atom. The van der Waals surface area contributed by atoms with Crippen molar-refractivity contribution in [3.63, 3.8) is 0 Å². The number of halogens is 1. The average Bonchev–Trinajstić information content (AvgIpc) is 1.99. The van der Waals surface area contributed by atoms with Crippen molar-refractivity contribution in [3.8, 4) is 0 Å². The van der Waals surface area contributed by atoms with E-state index in [9.17, 15) is 0 Å². The molecule has 1 rings (SSSR count). The van der Waals surface area contributed by atoms with E-state index >= 15 is 0 Å². The van der Waals surface area contributed by atoms with Crippen LogP contribution in [0.5, 0.6) is 0 Å². The van der Waals surface area contributed by atoms with Crippen molar-refractivity contribution < 1.29 is 0 Å². The molecule has 1 aromatic carbocycles. The molecule has 0 bridgehead atoms. The minimum Gasteiger partial charge on any atom is -0.0587 e. The largest absolute Gasteiger partial charge is 0.0587 e. The van der Waals surface area contributed by atoms with Gasteiger partial charge < -0.3 is 0 Å². The molecule has 0 atom stereocenters. The van der Waals surface area contributed by atoms with Crippen molar-refractivity contribution in [1.82, 2.24) is 0 Å². The third kappa shape index (κ3) is 2.84. The molecule has 0 aliphatic heterocycles. The first-order chi connectivity index (χ1) is 6.73. The van der Waals surface area contributed by atoms with Crippen molar-refractivity contribution in [3.05, 3.63) is 33.3 Å². The van der Waals surface area contributed by atoms with Gasteiger partial charge in [0.2, 0.25) is 0 Å². The second kappa shape index (κ2) is 4.29. The van der Waals surface area contributed by atoms with Gasteiger partial charge in [0.25, 0.3) is 0 Å². The molecule has 1 aromatic rings. The summed E-state index contributed by atoms with van der Waals surface area (Å²) in [5.41, 5.74) is 4.43. The average molecular weight is 269 g/mol. The molecule has 1 heteroatoms. The lowest BCUT2D eigenvalue weighted by molar-refractivity contribution is 0.582. The summed E-state index contributed by atoms with van der Waals surface area (Å²) in [6.45, 7) is 13.5. The second-order valence-corrected chi connectivity index (χ2v) is 6.45. The number of aryl methyl sites for hydroxylation is 1. The molecule has 0 saturated heterocycles. The van der Waals surface area contributed by atoms with Crippen molar-refractivity contribution in [2.24, 2.45) is 0 Å². The zero-order valence-corrected chi connectivity index (χ0v) is 12.2. The van der Waals surface area contributed by atoms with Crippen molar-refractivity contribution in [2.75, 3.05) is 0 Å². The minimum atomic E-state index is 0.207. The number of benzene rings is 1. The molecule has 0 fully saturated rings. The molecule has 15 heavy (non-hydrogen) atoms. The van der Waals surface area contributed by atoms with Gasteiger partial charge in [-0.1, -0.05) is 56.6 Å². The third-order valence-electron chi connectivity index (χ3n) is 2.73. The molecular weight excluding hydrogens is 248 g/mol. The lowest BCUT2D eigenvalue weighted by atomic mass is 9.82. The molecule has 0 nitrogen and oxygen atoms in total. The minimum absolute atomic E-state index is 0.207. The molecule has 0 spiro atoms. The van der Waals surface area contributed by atoms with Gasteiger partial charge in [0.1, 0.15) is 0 Å². The van der Waals surface area contributed by atoms with Gasteiger partial charge in [-0.3, -0.25) is 0 Å². The van der Waals surface area contributed by atoms with E-state index in [1.54, 1.807) is 0 Å². The second-order valence-electron chi connectivity index (χ2n) is 5.60. The molecule has 0 aliphatic carbocycles. The number of rotatable bonds is 1. The van der Waals surface area contributed by atoms with E-state index < -0.39 is 0 Å². The van der Waals surface area contributed by atoms with Crippen LogP contribution in [0.2, 0.25) is 0 Å². The van der Waals surface area contributed by atoms with Crippen LogP contribution in [0.25, 0.3) is 0 Å². The first-order valence-electron chi connectivity index (χ1n) is 5.54. The predicted molar refractivity (Wildman–Crippen MR) is 71.7 cm³/mol. The van der Waals surface area contributed by atoms with E-state index in [2.05, 4.69) is 69.6 Å². The maximum Gasteiger partial charge on any atom is 0.0218 e. The molecule has 0 radical (unpaired) electrons. The van der Waals surface area contributed by atoms with E-state index in [0.29, 0.717) is 5.92 Å². The van der Waals surface area contributed by atoms with Crippen molar-refractivity contribution in [2.45, 2.75) is 52.9 Å². The standard InChI is InChI=1S/C14H21Br/c1-9(2)11-7-10(3)13(12(15)8-11)14(4,5)6/h7-9H,1-6H3. The number of hydrogen-bond donors (Lipinski definition) is 0. The third-order valence-corrected chi connectivity index (χ3v) is 3.35. The van der Waals surface area contributed by atoms with Crippen molar-refractivity contribution >= 4 is 15.9 Å². The quantitative estimate of drug-likeness (QED) is 0.659. The summed E-state index contributed by atoms with van der Waals surface area (Å²) in [4.78, 5) is 0. The maximum absolute atomic E-state index is 3.70. The Morgan fingerprint density at radius 3 is 2.00 bits per heavy atom. The van der Waals surface area contributed by atoms with Crippen LogP contribution < -0.4 is 0 Å². The topological polar surface area (TPSA) is 0 Å². The van der Waals surface area contributed by atoms with Gasteiger partial charge in [-0.15, -0.1) is 0 Å². The van der Waals surface area contributed by atoms with Gasteiger partial charge in [-0.2, -0.15) is 0 Å². The molecule has 0 N–H and O–H groups in total.